The fraction of sp³-hybridized carbons (Fsp3) is 1.00. The molecule has 0 aromatic heterocycles. The Kier molecular flexibility index (Phi) is 5.89. The van der Waals surface area contributed by atoms with Crippen LogP contribution in [0.25, 0.3) is 0 Å². The van der Waals surface area contributed by atoms with Gasteiger partial charge in [-0.1, -0.05) is 0 Å². The van der Waals surface area contributed by atoms with Crippen LogP contribution < -0.4 is 5.32 Å². The molecular weight excluding hydrogens is 226 g/mol. The average molecular weight is 255 g/mol. The smallest absolute Gasteiger partial charge is 0.0700 e. The van der Waals surface area contributed by atoms with Gasteiger partial charge in [0, 0.05) is 38.8 Å². The van der Waals surface area contributed by atoms with Gasteiger partial charge in [0.15, 0.2) is 0 Å². The van der Waals surface area contributed by atoms with E-state index < -0.39 is 0 Å². The molecule has 1 N–H and O–H groups in total. The van der Waals surface area contributed by atoms with Crippen molar-refractivity contribution in [1.82, 2.24) is 15.1 Å². The van der Waals surface area contributed by atoms with E-state index in [1.807, 2.05) is 0 Å². The van der Waals surface area contributed by atoms with Crippen LogP contribution in [0.2, 0.25) is 0 Å². The molecule has 106 valence electrons. The van der Waals surface area contributed by atoms with E-state index >= 15 is 0 Å². The molecule has 0 bridgehead atoms. The summed E-state index contributed by atoms with van der Waals surface area (Å²) >= 11 is 0. The number of hydrogen-bond acceptors (Lipinski definition) is 4. The highest BCUT2D eigenvalue weighted by molar-refractivity contribution is 4.79. The van der Waals surface area contributed by atoms with E-state index in [0.29, 0.717) is 6.10 Å². The van der Waals surface area contributed by atoms with Crippen molar-refractivity contribution in [3.63, 3.8) is 0 Å². The van der Waals surface area contributed by atoms with Crippen molar-refractivity contribution >= 4 is 0 Å². The summed E-state index contributed by atoms with van der Waals surface area (Å²) in [4.78, 5) is 4.95. The molecule has 2 aliphatic rings. The number of hydrogen-bond donors (Lipinski definition) is 1. The summed E-state index contributed by atoms with van der Waals surface area (Å²) in [6.07, 6.45) is 5.67. The van der Waals surface area contributed by atoms with E-state index in [1.54, 1.807) is 0 Å². The van der Waals surface area contributed by atoms with Gasteiger partial charge < -0.3 is 19.9 Å². The zero-order chi connectivity index (χ0) is 12.8. The van der Waals surface area contributed by atoms with Crippen molar-refractivity contribution in [1.29, 1.82) is 0 Å². The van der Waals surface area contributed by atoms with Crippen LogP contribution in [-0.2, 0) is 4.74 Å². The molecule has 2 rings (SSSR count). The summed E-state index contributed by atoms with van der Waals surface area (Å²) < 4.78 is 5.60. The third kappa shape index (κ3) is 4.50. The molecule has 0 aliphatic carbocycles. The number of likely N-dealkylation sites (tertiary alicyclic amines) is 1. The Morgan fingerprint density at radius 2 is 2.22 bits per heavy atom. The number of likely N-dealkylation sites (N-methyl/N-ethyl adjacent to an activating group) is 2. The van der Waals surface area contributed by atoms with Gasteiger partial charge in [0.05, 0.1) is 6.10 Å². The second-order valence-corrected chi connectivity index (χ2v) is 5.88. The van der Waals surface area contributed by atoms with Crippen LogP contribution in [0.3, 0.4) is 0 Å². The van der Waals surface area contributed by atoms with Crippen molar-refractivity contribution in [2.45, 2.75) is 37.8 Å². The van der Waals surface area contributed by atoms with E-state index in [0.717, 1.165) is 32.3 Å². The minimum atomic E-state index is 0.469. The van der Waals surface area contributed by atoms with Gasteiger partial charge in [-0.15, -0.1) is 0 Å². The standard InChI is InChI=1S/C14H29N3O/c1-16(12-13-5-3-8-17(13)2)9-7-15-11-14-6-4-10-18-14/h13-15H,3-12H2,1-2H3. The molecule has 2 fully saturated rings. The van der Waals surface area contributed by atoms with Crippen molar-refractivity contribution in [2.24, 2.45) is 0 Å². The molecule has 0 aromatic carbocycles. The van der Waals surface area contributed by atoms with Crippen LogP contribution in [0.1, 0.15) is 25.7 Å². The predicted molar refractivity (Wildman–Crippen MR) is 75.0 cm³/mol. The zero-order valence-electron chi connectivity index (χ0n) is 12.0. The Labute approximate surface area is 112 Å². The molecule has 0 spiro atoms. The Hall–Kier alpha value is -0.160. The van der Waals surface area contributed by atoms with Gasteiger partial charge in [0.2, 0.25) is 0 Å². The van der Waals surface area contributed by atoms with E-state index in [1.165, 1.54) is 38.8 Å². The number of nitrogens with one attached hydrogen (secondary N) is 1. The molecule has 2 unspecified atom stereocenters. The average Bonchev–Trinajstić information content (AvgIpc) is 2.98. The Bertz CT molecular complexity index is 231. The maximum absolute atomic E-state index is 5.60. The van der Waals surface area contributed by atoms with Gasteiger partial charge >= 0.3 is 0 Å². The topological polar surface area (TPSA) is 27.7 Å². The first-order chi connectivity index (χ1) is 8.75. The highest BCUT2D eigenvalue weighted by atomic mass is 16.5. The lowest BCUT2D eigenvalue weighted by Gasteiger charge is -2.26. The molecule has 0 amide bonds. The van der Waals surface area contributed by atoms with E-state index in [2.05, 4.69) is 29.2 Å². The Balaban J connectivity index is 1.50. The van der Waals surface area contributed by atoms with E-state index in [4.69, 9.17) is 4.74 Å². The number of ether oxygens (including phenoxy) is 1. The third-order valence-corrected chi connectivity index (χ3v) is 4.26. The van der Waals surface area contributed by atoms with Gasteiger partial charge in [0.25, 0.3) is 0 Å². The van der Waals surface area contributed by atoms with Crippen molar-refractivity contribution in [3.05, 3.63) is 0 Å². The molecule has 4 heteroatoms. The highest BCUT2D eigenvalue weighted by Gasteiger charge is 2.21. The van der Waals surface area contributed by atoms with Crippen molar-refractivity contribution < 1.29 is 4.74 Å². The number of nitrogens with zero attached hydrogens (tertiary/aromatic N) is 2. The van der Waals surface area contributed by atoms with Crippen LogP contribution in [0, 0.1) is 0 Å². The normalized spacial score (nSPS) is 29.5. The summed E-state index contributed by atoms with van der Waals surface area (Å²) in [7, 11) is 4.49. The van der Waals surface area contributed by atoms with Gasteiger partial charge in [0.1, 0.15) is 0 Å². The lowest BCUT2D eigenvalue weighted by atomic mass is 10.2. The first kappa shape index (κ1) is 14.3. The largest absolute Gasteiger partial charge is 0.377 e. The molecule has 4 nitrogen and oxygen atoms in total. The van der Waals surface area contributed by atoms with Crippen LogP contribution in [0.5, 0.6) is 0 Å². The minimum absolute atomic E-state index is 0.469. The van der Waals surface area contributed by atoms with Crippen LogP contribution in [0.4, 0.5) is 0 Å². The molecule has 2 heterocycles. The summed E-state index contributed by atoms with van der Waals surface area (Å²) in [6.45, 7) is 6.68. The minimum Gasteiger partial charge on any atom is -0.377 e. The maximum Gasteiger partial charge on any atom is 0.0700 e. The maximum atomic E-state index is 5.60. The molecule has 0 aromatic rings. The fourth-order valence-electron chi connectivity index (χ4n) is 3.00. The first-order valence-corrected chi connectivity index (χ1v) is 7.47. The fourth-order valence-corrected chi connectivity index (χ4v) is 3.00. The molecule has 18 heavy (non-hydrogen) atoms. The van der Waals surface area contributed by atoms with E-state index in [-0.39, 0.29) is 0 Å². The molecule has 2 aliphatic heterocycles. The van der Waals surface area contributed by atoms with Crippen LogP contribution in [-0.4, -0.2) is 75.4 Å². The molecule has 0 radical (unpaired) electrons. The first-order valence-electron chi connectivity index (χ1n) is 7.47. The van der Waals surface area contributed by atoms with Crippen LogP contribution >= 0.6 is 0 Å². The lowest BCUT2D eigenvalue weighted by Crippen LogP contribution is -2.40. The highest BCUT2D eigenvalue weighted by Crippen LogP contribution is 2.15. The number of rotatable bonds is 7. The second-order valence-electron chi connectivity index (χ2n) is 5.88. The lowest BCUT2D eigenvalue weighted by molar-refractivity contribution is 0.109. The SMILES string of the molecule is CN(CCNCC1CCCO1)CC1CCCN1C. The Morgan fingerprint density at radius 3 is 2.89 bits per heavy atom. The third-order valence-electron chi connectivity index (χ3n) is 4.26. The summed E-state index contributed by atoms with van der Waals surface area (Å²) in [6, 6.07) is 0.771. The quantitative estimate of drug-likeness (QED) is 0.681. The molecule has 0 saturated carbocycles. The van der Waals surface area contributed by atoms with Gasteiger partial charge in [-0.05, 0) is 46.3 Å². The van der Waals surface area contributed by atoms with Crippen molar-refractivity contribution in [3.8, 4) is 0 Å². The summed E-state index contributed by atoms with van der Waals surface area (Å²) in [5, 5.41) is 3.51. The monoisotopic (exact) mass is 255 g/mol. The summed E-state index contributed by atoms with van der Waals surface area (Å²) in [5.41, 5.74) is 0. The van der Waals surface area contributed by atoms with Crippen molar-refractivity contribution in [2.75, 3.05) is 53.4 Å². The zero-order valence-corrected chi connectivity index (χ0v) is 12.0. The second kappa shape index (κ2) is 7.43. The van der Waals surface area contributed by atoms with E-state index in [9.17, 15) is 0 Å². The molecule has 2 saturated heterocycles. The van der Waals surface area contributed by atoms with Gasteiger partial charge in [-0.25, -0.2) is 0 Å². The van der Waals surface area contributed by atoms with Gasteiger partial charge in [-0.2, -0.15) is 0 Å². The van der Waals surface area contributed by atoms with Gasteiger partial charge in [-0.3, -0.25) is 0 Å². The molecule has 2 atom stereocenters. The van der Waals surface area contributed by atoms with Crippen LogP contribution in [0.15, 0.2) is 0 Å². The summed E-state index contributed by atoms with van der Waals surface area (Å²) in [5.74, 6) is 0. The predicted octanol–water partition coefficient (Wildman–Crippen LogP) is 0.781. The molecular formula is C14H29N3O. The Morgan fingerprint density at radius 1 is 1.33 bits per heavy atom.